The fraction of sp³-hybridized carbons (Fsp3) is 0.500. The first-order chi connectivity index (χ1) is 10.3. The molecule has 1 saturated heterocycles. The highest BCUT2D eigenvalue weighted by Crippen LogP contribution is 2.13. The lowest BCUT2D eigenvalue weighted by Gasteiger charge is -2.33. The molecule has 7 heteroatoms. The number of nitrogens with zero attached hydrogens (tertiary/aromatic N) is 4. The molecule has 3 heterocycles. The van der Waals surface area contributed by atoms with Crippen LogP contribution in [0.5, 0.6) is 0 Å². The first kappa shape index (κ1) is 14.2. The molecule has 6 nitrogen and oxygen atoms in total. The zero-order chi connectivity index (χ0) is 14.7. The SMILES string of the molecule is CCc1nnc(CN2CCN(C(=O)c3ccsc3)CC2)o1. The number of aromatic nitrogens is 2. The topological polar surface area (TPSA) is 62.5 Å². The first-order valence-corrected chi connectivity index (χ1v) is 8.05. The molecule has 1 amide bonds. The molecule has 0 N–H and O–H groups in total. The van der Waals surface area contributed by atoms with Gasteiger partial charge in [-0.2, -0.15) is 11.3 Å². The molecular weight excluding hydrogens is 288 g/mol. The third-order valence-corrected chi connectivity index (χ3v) is 4.28. The number of carbonyl (C=O) groups excluding carboxylic acids is 1. The fourth-order valence-corrected chi connectivity index (χ4v) is 2.99. The van der Waals surface area contributed by atoms with Gasteiger partial charge >= 0.3 is 0 Å². The second-order valence-corrected chi connectivity index (χ2v) is 5.80. The monoisotopic (exact) mass is 306 g/mol. The van der Waals surface area contributed by atoms with Crippen molar-refractivity contribution in [1.82, 2.24) is 20.0 Å². The van der Waals surface area contributed by atoms with Crippen LogP contribution in [0, 0.1) is 0 Å². The highest BCUT2D eigenvalue weighted by atomic mass is 32.1. The predicted molar refractivity (Wildman–Crippen MR) is 79.2 cm³/mol. The second kappa shape index (κ2) is 6.36. The Kier molecular flexibility index (Phi) is 4.31. The van der Waals surface area contributed by atoms with E-state index in [2.05, 4.69) is 15.1 Å². The van der Waals surface area contributed by atoms with Crippen molar-refractivity contribution in [1.29, 1.82) is 0 Å². The normalized spacial score (nSPS) is 16.3. The van der Waals surface area contributed by atoms with E-state index in [-0.39, 0.29) is 5.91 Å². The third-order valence-electron chi connectivity index (χ3n) is 3.60. The number of hydrogen-bond donors (Lipinski definition) is 0. The van der Waals surface area contributed by atoms with Crippen molar-refractivity contribution in [3.63, 3.8) is 0 Å². The number of piperazine rings is 1. The molecule has 0 aliphatic carbocycles. The van der Waals surface area contributed by atoms with Gasteiger partial charge in [-0.1, -0.05) is 6.92 Å². The Balaban J connectivity index is 1.52. The molecule has 0 atom stereocenters. The lowest BCUT2D eigenvalue weighted by molar-refractivity contribution is 0.0618. The number of rotatable bonds is 4. The van der Waals surface area contributed by atoms with Crippen LogP contribution in [0.25, 0.3) is 0 Å². The summed E-state index contributed by atoms with van der Waals surface area (Å²) in [6, 6.07) is 1.88. The molecule has 112 valence electrons. The maximum absolute atomic E-state index is 12.2. The van der Waals surface area contributed by atoms with E-state index in [0.29, 0.717) is 18.3 Å². The van der Waals surface area contributed by atoms with Crippen molar-refractivity contribution in [3.05, 3.63) is 34.2 Å². The van der Waals surface area contributed by atoms with Crippen LogP contribution in [0.15, 0.2) is 21.2 Å². The van der Waals surface area contributed by atoms with E-state index in [1.54, 1.807) is 11.3 Å². The van der Waals surface area contributed by atoms with Crippen LogP contribution in [0.2, 0.25) is 0 Å². The van der Waals surface area contributed by atoms with Crippen molar-refractivity contribution < 1.29 is 9.21 Å². The molecule has 0 saturated carbocycles. The van der Waals surface area contributed by atoms with Crippen molar-refractivity contribution >= 4 is 17.2 Å². The molecule has 1 aliphatic rings. The van der Waals surface area contributed by atoms with Crippen molar-refractivity contribution in [2.45, 2.75) is 19.9 Å². The van der Waals surface area contributed by atoms with Crippen LogP contribution in [0.3, 0.4) is 0 Å². The Bertz CT molecular complexity index is 588. The number of amides is 1. The summed E-state index contributed by atoms with van der Waals surface area (Å²) in [4.78, 5) is 16.4. The second-order valence-electron chi connectivity index (χ2n) is 5.02. The molecular formula is C14H18N4O2S. The molecule has 0 unspecified atom stereocenters. The quantitative estimate of drug-likeness (QED) is 0.859. The Morgan fingerprint density at radius 1 is 1.29 bits per heavy atom. The molecule has 21 heavy (non-hydrogen) atoms. The van der Waals surface area contributed by atoms with Crippen LogP contribution in [0.4, 0.5) is 0 Å². The van der Waals surface area contributed by atoms with Crippen LogP contribution in [-0.4, -0.2) is 52.1 Å². The van der Waals surface area contributed by atoms with Crippen LogP contribution in [0.1, 0.15) is 29.1 Å². The first-order valence-electron chi connectivity index (χ1n) is 7.11. The zero-order valence-corrected chi connectivity index (χ0v) is 12.8. The Morgan fingerprint density at radius 2 is 2.05 bits per heavy atom. The number of thiophene rings is 1. The maximum Gasteiger partial charge on any atom is 0.254 e. The van der Waals surface area contributed by atoms with Gasteiger partial charge in [0.2, 0.25) is 11.8 Å². The summed E-state index contributed by atoms with van der Waals surface area (Å²) >= 11 is 1.55. The van der Waals surface area contributed by atoms with Gasteiger partial charge in [-0.3, -0.25) is 9.69 Å². The van der Waals surface area contributed by atoms with Gasteiger partial charge in [-0.15, -0.1) is 10.2 Å². The van der Waals surface area contributed by atoms with Gasteiger partial charge in [-0.25, -0.2) is 0 Å². The lowest BCUT2D eigenvalue weighted by atomic mass is 10.2. The third kappa shape index (κ3) is 3.30. The minimum atomic E-state index is 0.127. The van der Waals surface area contributed by atoms with E-state index in [4.69, 9.17) is 4.42 Å². The van der Waals surface area contributed by atoms with E-state index < -0.39 is 0 Å². The summed E-state index contributed by atoms with van der Waals surface area (Å²) in [6.07, 6.45) is 0.760. The standard InChI is InChI=1S/C14H18N4O2S/c1-2-12-15-16-13(20-12)9-17-4-6-18(7-5-17)14(19)11-3-8-21-10-11/h3,8,10H,2,4-7,9H2,1H3. The van der Waals surface area contributed by atoms with Gasteiger partial charge in [0.05, 0.1) is 12.1 Å². The average Bonchev–Trinajstić information content (AvgIpc) is 3.19. The van der Waals surface area contributed by atoms with Gasteiger partial charge in [-0.05, 0) is 11.4 Å². The van der Waals surface area contributed by atoms with E-state index in [1.165, 1.54) is 0 Å². The molecule has 0 spiro atoms. The summed E-state index contributed by atoms with van der Waals surface area (Å²) in [5.74, 6) is 1.46. The van der Waals surface area contributed by atoms with E-state index >= 15 is 0 Å². The zero-order valence-electron chi connectivity index (χ0n) is 12.0. The highest BCUT2D eigenvalue weighted by Gasteiger charge is 2.23. The molecule has 2 aromatic heterocycles. The summed E-state index contributed by atoms with van der Waals surface area (Å²) < 4.78 is 5.53. The lowest BCUT2D eigenvalue weighted by Crippen LogP contribution is -2.48. The maximum atomic E-state index is 12.2. The smallest absolute Gasteiger partial charge is 0.254 e. The van der Waals surface area contributed by atoms with Gasteiger partial charge in [0.15, 0.2) is 0 Å². The number of aryl methyl sites for hydroxylation is 1. The minimum absolute atomic E-state index is 0.127. The fourth-order valence-electron chi connectivity index (χ4n) is 2.36. The van der Waals surface area contributed by atoms with E-state index in [9.17, 15) is 4.79 Å². The predicted octanol–water partition coefficient (Wildman–Crippen LogP) is 1.65. The largest absolute Gasteiger partial charge is 0.424 e. The van der Waals surface area contributed by atoms with Gasteiger partial charge < -0.3 is 9.32 Å². The molecule has 0 aromatic carbocycles. The Morgan fingerprint density at radius 3 is 2.67 bits per heavy atom. The molecule has 3 rings (SSSR count). The molecule has 1 aliphatic heterocycles. The highest BCUT2D eigenvalue weighted by molar-refractivity contribution is 7.08. The summed E-state index contributed by atoms with van der Waals surface area (Å²) in [7, 11) is 0. The van der Waals surface area contributed by atoms with Crippen molar-refractivity contribution in [2.75, 3.05) is 26.2 Å². The van der Waals surface area contributed by atoms with Gasteiger partial charge in [0.1, 0.15) is 0 Å². The number of carbonyl (C=O) groups is 1. The van der Waals surface area contributed by atoms with Crippen LogP contribution < -0.4 is 0 Å². The Hall–Kier alpha value is -1.73. The van der Waals surface area contributed by atoms with Crippen LogP contribution >= 0.6 is 11.3 Å². The molecule has 2 aromatic rings. The average molecular weight is 306 g/mol. The van der Waals surface area contributed by atoms with Gasteiger partial charge in [0.25, 0.3) is 5.91 Å². The minimum Gasteiger partial charge on any atom is -0.424 e. The van der Waals surface area contributed by atoms with Crippen molar-refractivity contribution in [3.8, 4) is 0 Å². The van der Waals surface area contributed by atoms with Crippen molar-refractivity contribution in [2.24, 2.45) is 0 Å². The van der Waals surface area contributed by atoms with E-state index in [0.717, 1.165) is 38.2 Å². The summed E-state index contributed by atoms with van der Waals surface area (Å²) in [6.45, 7) is 5.80. The van der Waals surface area contributed by atoms with E-state index in [1.807, 2.05) is 28.7 Å². The summed E-state index contributed by atoms with van der Waals surface area (Å²) in [5.41, 5.74) is 0.790. The molecule has 1 fully saturated rings. The Labute approximate surface area is 127 Å². The summed E-state index contributed by atoms with van der Waals surface area (Å²) in [5, 5.41) is 11.8. The molecule has 0 bridgehead atoms. The number of hydrogen-bond acceptors (Lipinski definition) is 6. The van der Waals surface area contributed by atoms with Gasteiger partial charge in [0, 0.05) is 38.0 Å². The van der Waals surface area contributed by atoms with Crippen LogP contribution in [-0.2, 0) is 13.0 Å². The molecule has 0 radical (unpaired) electrons.